The van der Waals surface area contributed by atoms with Gasteiger partial charge in [0.1, 0.15) is 11.4 Å². The van der Waals surface area contributed by atoms with Crippen LogP contribution in [0.25, 0.3) is 0 Å². The number of aryl methyl sites for hydroxylation is 2. The fourth-order valence-electron chi connectivity index (χ4n) is 2.15. The number of amides is 1. The lowest BCUT2D eigenvalue weighted by Crippen LogP contribution is -2.28. The van der Waals surface area contributed by atoms with E-state index in [1.807, 2.05) is 45.9 Å². The molecule has 1 amide bonds. The second-order valence-corrected chi connectivity index (χ2v) is 5.21. The zero-order valence-corrected chi connectivity index (χ0v) is 13.4. The fourth-order valence-corrected chi connectivity index (χ4v) is 2.15. The second kappa shape index (κ2) is 7.02. The molecule has 0 radical (unpaired) electrons. The Balaban J connectivity index is 2.17. The molecule has 0 saturated carbocycles. The summed E-state index contributed by atoms with van der Waals surface area (Å²) in [5, 5.41) is 2.94. The predicted molar refractivity (Wildman–Crippen MR) is 85.0 cm³/mol. The van der Waals surface area contributed by atoms with Crippen LogP contribution < -0.4 is 10.1 Å². The van der Waals surface area contributed by atoms with E-state index in [1.165, 1.54) is 6.20 Å². The molecule has 0 saturated heterocycles. The van der Waals surface area contributed by atoms with Crippen LogP contribution in [0.5, 0.6) is 5.75 Å². The van der Waals surface area contributed by atoms with Gasteiger partial charge in [0.2, 0.25) is 0 Å². The van der Waals surface area contributed by atoms with Gasteiger partial charge in [0.15, 0.2) is 0 Å². The van der Waals surface area contributed by atoms with Gasteiger partial charge in [-0.25, -0.2) is 4.98 Å². The Kier molecular flexibility index (Phi) is 5.09. The number of aromatic nitrogens is 2. The second-order valence-electron chi connectivity index (χ2n) is 5.21. The number of ether oxygens (including phenoxy) is 1. The number of hydrogen-bond acceptors (Lipinski definition) is 4. The van der Waals surface area contributed by atoms with Crippen LogP contribution in [0, 0.1) is 13.8 Å². The van der Waals surface area contributed by atoms with Gasteiger partial charge in [-0.2, -0.15) is 0 Å². The number of nitrogens with zero attached hydrogens (tertiary/aromatic N) is 2. The van der Waals surface area contributed by atoms with E-state index in [0.717, 1.165) is 22.6 Å². The van der Waals surface area contributed by atoms with Crippen LogP contribution in [0.3, 0.4) is 0 Å². The zero-order valence-electron chi connectivity index (χ0n) is 13.4. The van der Waals surface area contributed by atoms with Crippen LogP contribution >= 0.6 is 0 Å². The summed E-state index contributed by atoms with van der Waals surface area (Å²) in [6.45, 7) is 8.30. The molecule has 5 heteroatoms. The zero-order chi connectivity index (χ0) is 16.1. The van der Waals surface area contributed by atoms with Crippen LogP contribution in [-0.2, 0) is 0 Å². The third-order valence-electron chi connectivity index (χ3n) is 3.29. The Labute approximate surface area is 130 Å². The van der Waals surface area contributed by atoms with Crippen molar-refractivity contribution >= 4 is 5.91 Å². The summed E-state index contributed by atoms with van der Waals surface area (Å²) in [5.74, 6) is 0.542. The molecule has 1 heterocycles. The van der Waals surface area contributed by atoms with Crippen molar-refractivity contribution in [3.05, 3.63) is 53.1 Å². The van der Waals surface area contributed by atoms with Gasteiger partial charge in [-0.3, -0.25) is 9.78 Å². The lowest BCUT2D eigenvalue weighted by Gasteiger charge is -2.18. The van der Waals surface area contributed by atoms with Crippen LogP contribution in [0.1, 0.15) is 47.2 Å². The molecule has 2 aromatic rings. The highest BCUT2D eigenvalue weighted by atomic mass is 16.5. The molecule has 0 aliphatic carbocycles. The minimum absolute atomic E-state index is 0.183. The molecule has 0 aliphatic rings. The first kappa shape index (κ1) is 15.9. The van der Waals surface area contributed by atoms with E-state index in [0.29, 0.717) is 12.3 Å². The lowest BCUT2D eigenvalue weighted by atomic mass is 10.0. The summed E-state index contributed by atoms with van der Waals surface area (Å²) >= 11 is 0. The van der Waals surface area contributed by atoms with E-state index >= 15 is 0 Å². The Hall–Kier alpha value is -2.43. The standard InChI is InChI=1S/C17H21N3O2/c1-5-22-16-7-6-11(2)8-14(16)13(4)20-17(21)15-10-18-12(3)9-19-15/h6-10,13H,5H2,1-4H3,(H,20,21). The highest BCUT2D eigenvalue weighted by Gasteiger charge is 2.16. The van der Waals surface area contributed by atoms with E-state index in [2.05, 4.69) is 15.3 Å². The van der Waals surface area contributed by atoms with Gasteiger partial charge in [-0.05, 0) is 33.8 Å². The lowest BCUT2D eigenvalue weighted by molar-refractivity contribution is 0.0934. The predicted octanol–water partition coefficient (Wildman–Crippen LogP) is 2.98. The van der Waals surface area contributed by atoms with Crippen molar-refractivity contribution in [2.45, 2.75) is 33.7 Å². The van der Waals surface area contributed by atoms with Gasteiger partial charge >= 0.3 is 0 Å². The average Bonchev–Trinajstić information content (AvgIpc) is 2.49. The molecule has 116 valence electrons. The van der Waals surface area contributed by atoms with E-state index in [1.54, 1.807) is 6.20 Å². The Morgan fingerprint density at radius 3 is 2.68 bits per heavy atom. The van der Waals surface area contributed by atoms with Crippen LogP contribution in [0.2, 0.25) is 0 Å². The van der Waals surface area contributed by atoms with Gasteiger partial charge < -0.3 is 10.1 Å². The van der Waals surface area contributed by atoms with Crippen molar-refractivity contribution in [2.75, 3.05) is 6.61 Å². The third-order valence-corrected chi connectivity index (χ3v) is 3.29. The number of carbonyl (C=O) groups is 1. The van der Waals surface area contributed by atoms with Gasteiger partial charge in [0.25, 0.3) is 5.91 Å². The first-order valence-electron chi connectivity index (χ1n) is 7.34. The monoisotopic (exact) mass is 299 g/mol. The number of hydrogen-bond donors (Lipinski definition) is 1. The van der Waals surface area contributed by atoms with E-state index in [-0.39, 0.29) is 11.9 Å². The van der Waals surface area contributed by atoms with Crippen molar-refractivity contribution in [1.82, 2.24) is 15.3 Å². The maximum Gasteiger partial charge on any atom is 0.271 e. The molecule has 1 unspecified atom stereocenters. The molecule has 1 aromatic carbocycles. The first-order valence-corrected chi connectivity index (χ1v) is 7.34. The van der Waals surface area contributed by atoms with Crippen LogP contribution in [0.15, 0.2) is 30.6 Å². The average molecular weight is 299 g/mol. The normalized spacial score (nSPS) is 11.8. The number of nitrogens with one attached hydrogen (secondary N) is 1. The number of rotatable bonds is 5. The van der Waals surface area contributed by atoms with Crippen molar-refractivity contribution in [3.8, 4) is 5.75 Å². The molecule has 1 N–H and O–H groups in total. The Morgan fingerprint density at radius 2 is 2.05 bits per heavy atom. The molecule has 22 heavy (non-hydrogen) atoms. The molecule has 0 spiro atoms. The van der Waals surface area contributed by atoms with Crippen LogP contribution in [-0.4, -0.2) is 22.5 Å². The van der Waals surface area contributed by atoms with Crippen molar-refractivity contribution < 1.29 is 9.53 Å². The summed E-state index contributed by atoms with van der Waals surface area (Å²) in [6.07, 6.45) is 3.06. The van der Waals surface area contributed by atoms with Gasteiger partial charge in [-0.15, -0.1) is 0 Å². The summed E-state index contributed by atoms with van der Waals surface area (Å²) in [4.78, 5) is 20.4. The quantitative estimate of drug-likeness (QED) is 0.922. The van der Waals surface area contributed by atoms with Crippen molar-refractivity contribution in [3.63, 3.8) is 0 Å². The highest BCUT2D eigenvalue weighted by molar-refractivity contribution is 5.92. The molecule has 2 rings (SSSR count). The molecule has 0 fully saturated rings. The molecule has 0 bridgehead atoms. The number of carbonyl (C=O) groups excluding carboxylic acids is 1. The fraction of sp³-hybridized carbons (Fsp3) is 0.353. The first-order chi connectivity index (χ1) is 10.5. The van der Waals surface area contributed by atoms with Crippen molar-refractivity contribution in [1.29, 1.82) is 0 Å². The summed E-state index contributed by atoms with van der Waals surface area (Å²) in [7, 11) is 0. The van der Waals surface area contributed by atoms with Gasteiger partial charge in [-0.1, -0.05) is 17.7 Å². The molecule has 1 atom stereocenters. The van der Waals surface area contributed by atoms with Gasteiger partial charge in [0, 0.05) is 11.8 Å². The minimum Gasteiger partial charge on any atom is -0.494 e. The number of benzene rings is 1. The Bertz CT molecular complexity index is 653. The molecule has 5 nitrogen and oxygen atoms in total. The van der Waals surface area contributed by atoms with E-state index in [9.17, 15) is 4.79 Å². The van der Waals surface area contributed by atoms with E-state index < -0.39 is 0 Å². The summed E-state index contributed by atoms with van der Waals surface area (Å²) in [5.41, 5.74) is 3.16. The molecular weight excluding hydrogens is 278 g/mol. The molecular formula is C17H21N3O2. The van der Waals surface area contributed by atoms with Crippen molar-refractivity contribution in [2.24, 2.45) is 0 Å². The Morgan fingerprint density at radius 1 is 1.27 bits per heavy atom. The highest BCUT2D eigenvalue weighted by Crippen LogP contribution is 2.26. The maximum atomic E-state index is 12.2. The molecule has 1 aromatic heterocycles. The largest absolute Gasteiger partial charge is 0.494 e. The van der Waals surface area contributed by atoms with Gasteiger partial charge in [0.05, 0.1) is 24.5 Å². The SMILES string of the molecule is CCOc1ccc(C)cc1C(C)NC(=O)c1cnc(C)cn1. The third kappa shape index (κ3) is 3.81. The minimum atomic E-state index is -0.246. The van der Waals surface area contributed by atoms with Crippen LogP contribution in [0.4, 0.5) is 0 Å². The molecule has 0 aliphatic heterocycles. The topological polar surface area (TPSA) is 64.1 Å². The smallest absolute Gasteiger partial charge is 0.271 e. The summed E-state index contributed by atoms with van der Waals surface area (Å²) in [6, 6.07) is 5.77. The summed E-state index contributed by atoms with van der Waals surface area (Å²) < 4.78 is 5.64. The van der Waals surface area contributed by atoms with E-state index in [4.69, 9.17) is 4.74 Å². The maximum absolute atomic E-state index is 12.2.